The van der Waals surface area contributed by atoms with Crippen molar-refractivity contribution < 1.29 is 8.78 Å². The van der Waals surface area contributed by atoms with E-state index in [0.717, 1.165) is 17.2 Å². The molecule has 3 aromatic rings. The van der Waals surface area contributed by atoms with Crippen molar-refractivity contribution in [1.82, 2.24) is 14.8 Å². The standard InChI is InChI=1S/C17H15ClF2N4S/c1-9(13-4-12(19)5-14(20)16(13)18)25-15-3-10(6-22-17(15)21)11-7-23-24(2)8-11/h3-9H,1-2H3,(H2,21,22). The number of aromatic nitrogens is 3. The number of pyridine rings is 1. The fraction of sp³-hybridized carbons (Fsp3) is 0.176. The van der Waals surface area contributed by atoms with Gasteiger partial charge in [0.1, 0.15) is 17.5 Å². The van der Waals surface area contributed by atoms with Gasteiger partial charge in [-0.3, -0.25) is 4.68 Å². The summed E-state index contributed by atoms with van der Waals surface area (Å²) in [6.45, 7) is 1.81. The molecule has 2 heterocycles. The summed E-state index contributed by atoms with van der Waals surface area (Å²) in [7, 11) is 1.83. The van der Waals surface area contributed by atoms with Crippen LogP contribution in [-0.4, -0.2) is 14.8 Å². The molecular formula is C17H15ClF2N4S. The van der Waals surface area contributed by atoms with Gasteiger partial charge in [0.25, 0.3) is 0 Å². The van der Waals surface area contributed by atoms with Crippen LogP contribution in [-0.2, 0) is 7.05 Å². The third-order valence-corrected chi connectivity index (χ3v) is 5.27. The number of thioether (sulfide) groups is 1. The molecule has 0 saturated heterocycles. The van der Waals surface area contributed by atoms with Crippen LogP contribution in [0, 0.1) is 11.6 Å². The second kappa shape index (κ2) is 7.01. The van der Waals surface area contributed by atoms with E-state index >= 15 is 0 Å². The van der Waals surface area contributed by atoms with Gasteiger partial charge in [-0.25, -0.2) is 13.8 Å². The minimum atomic E-state index is -0.778. The Morgan fingerprint density at radius 3 is 2.64 bits per heavy atom. The third kappa shape index (κ3) is 3.77. The van der Waals surface area contributed by atoms with Gasteiger partial charge < -0.3 is 5.73 Å². The first-order chi connectivity index (χ1) is 11.8. The van der Waals surface area contributed by atoms with Crippen molar-refractivity contribution in [1.29, 1.82) is 0 Å². The highest BCUT2D eigenvalue weighted by molar-refractivity contribution is 7.99. The van der Waals surface area contributed by atoms with Crippen LogP contribution in [0.4, 0.5) is 14.6 Å². The normalized spacial score (nSPS) is 12.4. The smallest absolute Gasteiger partial charge is 0.145 e. The Hall–Kier alpha value is -2.12. The number of rotatable bonds is 4. The van der Waals surface area contributed by atoms with Crippen molar-refractivity contribution in [2.24, 2.45) is 7.05 Å². The lowest BCUT2D eigenvalue weighted by Gasteiger charge is -2.15. The topological polar surface area (TPSA) is 56.7 Å². The van der Waals surface area contributed by atoms with Crippen molar-refractivity contribution in [2.45, 2.75) is 17.1 Å². The Kier molecular flexibility index (Phi) is 4.96. The van der Waals surface area contributed by atoms with Crippen LogP contribution in [0.25, 0.3) is 11.1 Å². The van der Waals surface area contributed by atoms with E-state index in [1.807, 2.05) is 19.3 Å². The largest absolute Gasteiger partial charge is 0.383 e. The van der Waals surface area contributed by atoms with Crippen LogP contribution in [0.15, 0.2) is 41.7 Å². The Bertz CT molecular complexity index is 929. The first kappa shape index (κ1) is 17.7. The Morgan fingerprint density at radius 1 is 1.20 bits per heavy atom. The molecule has 0 aliphatic heterocycles. The molecule has 0 fully saturated rings. The highest BCUT2D eigenvalue weighted by Gasteiger charge is 2.18. The number of benzene rings is 1. The van der Waals surface area contributed by atoms with Crippen molar-refractivity contribution in [3.63, 3.8) is 0 Å². The molecule has 1 aromatic carbocycles. The average Bonchev–Trinajstić information content (AvgIpc) is 2.99. The Labute approximate surface area is 153 Å². The zero-order valence-electron chi connectivity index (χ0n) is 13.5. The van der Waals surface area contributed by atoms with E-state index in [-0.39, 0.29) is 10.3 Å². The van der Waals surface area contributed by atoms with Crippen LogP contribution < -0.4 is 5.73 Å². The average molecular weight is 381 g/mol. The maximum atomic E-state index is 13.7. The molecule has 0 saturated carbocycles. The van der Waals surface area contributed by atoms with Crippen LogP contribution >= 0.6 is 23.4 Å². The van der Waals surface area contributed by atoms with Crippen LogP contribution in [0.3, 0.4) is 0 Å². The van der Waals surface area contributed by atoms with Gasteiger partial charge in [0.2, 0.25) is 0 Å². The second-order valence-corrected chi connectivity index (χ2v) is 7.32. The first-order valence-electron chi connectivity index (χ1n) is 7.40. The second-order valence-electron chi connectivity index (χ2n) is 5.56. The lowest BCUT2D eigenvalue weighted by molar-refractivity contribution is 0.580. The molecule has 0 spiro atoms. The molecule has 130 valence electrons. The number of hydrogen-bond donors (Lipinski definition) is 1. The zero-order chi connectivity index (χ0) is 18.1. The molecule has 0 bridgehead atoms. The molecule has 0 aliphatic rings. The lowest BCUT2D eigenvalue weighted by Crippen LogP contribution is -1.98. The Balaban J connectivity index is 1.92. The number of halogens is 3. The number of hydrogen-bond acceptors (Lipinski definition) is 4. The van der Waals surface area contributed by atoms with Gasteiger partial charge >= 0.3 is 0 Å². The minimum absolute atomic E-state index is 0.0867. The fourth-order valence-electron chi connectivity index (χ4n) is 2.40. The Morgan fingerprint density at radius 2 is 1.96 bits per heavy atom. The predicted octanol–water partition coefficient (Wildman–Crippen LogP) is 4.85. The first-order valence-corrected chi connectivity index (χ1v) is 8.66. The van der Waals surface area contributed by atoms with E-state index in [4.69, 9.17) is 17.3 Å². The summed E-state index contributed by atoms with van der Waals surface area (Å²) >= 11 is 7.32. The molecule has 2 aromatic heterocycles. The molecule has 2 N–H and O–H groups in total. The molecule has 1 unspecified atom stereocenters. The highest BCUT2D eigenvalue weighted by atomic mass is 35.5. The monoisotopic (exact) mass is 380 g/mol. The SMILES string of the molecule is CC(Sc1cc(-c2cnn(C)c2)cnc1N)c1cc(F)cc(F)c1Cl. The van der Waals surface area contributed by atoms with Crippen LogP contribution in [0.1, 0.15) is 17.7 Å². The quantitative estimate of drug-likeness (QED) is 0.519. The minimum Gasteiger partial charge on any atom is -0.383 e. The molecule has 0 amide bonds. The number of anilines is 1. The van der Waals surface area contributed by atoms with Crippen molar-refractivity contribution in [2.75, 3.05) is 5.73 Å². The maximum Gasteiger partial charge on any atom is 0.145 e. The summed E-state index contributed by atoms with van der Waals surface area (Å²) in [5.41, 5.74) is 8.09. The maximum absolute atomic E-state index is 13.7. The van der Waals surface area contributed by atoms with E-state index in [1.54, 1.807) is 24.0 Å². The van der Waals surface area contributed by atoms with Gasteiger partial charge in [-0.2, -0.15) is 5.10 Å². The molecular weight excluding hydrogens is 366 g/mol. The summed E-state index contributed by atoms with van der Waals surface area (Å²) in [5, 5.41) is 3.73. The van der Waals surface area contributed by atoms with E-state index in [9.17, 15) is 8.78 Å². The molecule has 0 aliphatic carbocycles. The fourth-order valence-corrected chi connectivity index (χ4v) is 3.80. The number of nitrogens with zero attached hydrogens (tertiary/aromatic N) is 3. The van der Waals surface area contributed by atoms with Crippen molar-refractivity contribution in [3.05, 3.63) is 59.0 Å². The lowest BCUT2D eigenvalue weighted by atomic mass is 10.1. The molecule has 8 heteroatoms. The number of nitrogen functional groups attached to an aromatic ring is 1. The molecule has 25 heavy (non-hydrogen) atoms. The summed E-state index contributed by atoms with van der Waals surface area (Å²) < 4.78 is 28.9. The van der Waals surface area contributed by atoms with E-state index < -0.39 is 11.6 Å². The van der Waals surface area contributed by atoms with Gasteiger partial charge in [0, 0.05) is 41.9 Å². The van der Waals surface area contributed by atoms with E-state index in [0.29, 0.717) is 16.3 Å². The van der Waals surface area contributed by atoms with Crippen molar-refractivity contribution >= 4 is 29.2 Å². The van der Waals surface area contributed by atoms with E-state index in [2.05, 4.69) is 10.1 Å². The van der Waals surface area contributed by atoms with Gasteiger partial charge in [-0.05, 0) is 24.6 Å². The van der Waals surface area contributed by atoms with Gasteiger partial charge in [-0.15, -0.1) is 11.8 Å². The van der Waals surface area contributed by atoms with E-state index in [1.165, 1.54) is 17.8 Å². The predicted molar refractivity (Wildman–Crippen MR) is 96.5 cm³/mol. The summed E-state index contributed by atoms with van der Waals surface area (Å²) in [5.74, 6) is -1.10. The van der Waals surface area contributed by atoms with Gasteiger partial charge in [-0.1, -0.05) is 11.6 Å². The third-order valence-electron chi connectivity index (χ3n) is 3.68. The highest BCUT2D eigenvalue weighted by Crippen LogP contribution is 2.41. The zero-order valence-corrected chi connectivity index (χ0v) is 15.1. The summed E-state index contributed by atoms with van der Waals surface area (Å²) in [6, 6.07) is 3.88. The van der Waals surface area contributed by atoms with Crippen LogP contribution in [0.5, 0.6) is 0 Å². The molecule has 1 atom stereocenters. The molecule has 0 radical (unpaired) electrons. The molecule has 3 rings (SSSR count). The van der Waals surface area contributed by atoms with Gasteiger partial charge in [0.15, 0.2) is 0 Å². The van der Waals surface area contributed by atoms with Gasteiger partial charge in [0.05, 0.1) is 16.1 Å². The number of nitrogens with two attached hydrogens (primary N) is 1. The summed E-state index contributed by atoms with van der Waals surface area (Å²) in [6.07, 6.45) is 5.25. The van der Waals surface area contributed by atoms with Crippen LogP contribution in [0.2, 0.25) is 5.02 Å². The van der Waals surface area contributed by atoms with Crippen molar-refractivity contribution in [3.8, 4) is 11.1 Å². The molecule has 4 nitrogen and oxygen atoms in total. The summed E-state index contributed by atoms with van der Waals surface area (Å²) in [4.78, 5) is 4.91. The number of aryl methyl sites for hydroxylation is 1.